The van der Waals surface area contributed by atoms with Crippen LogP contribution in [0.1, 0.15) is 11.4 Å². The van der Waals surface area contributed by atoms with Crippen molar-refractivity contribution in [1.82, 2.24) is 14.8 Å². The molecule has 0 spiro atoms. The molecule has 1 aromatic carbocycles. The van der Waals surface area contributed by atoms with Gasteiger partial charge < -0.3 is 5.11 Å². The van der Waals surface area contributed by atoms with Crippen LogP contribution >= 0.6 is 12.2 Å². The number of H-pyrrole nitrogens is 1. The first-order chi connectivity index (χ1) is 7.70. The van der Waals surface area contributed by atoms with Crippen LogP contribution in [0.4, 0.5) is 4.39 Å². The number of aromatic amines is 1. The van der Waals surface area contributed by atoms with Gasteiger partial charge in [0.2, 0.25) is 0 Å². The van der Waals surface area contributed by atoms with Crippen LogP contribution in [0.25, 0.3) is 0 Å². The van der Waals surface area contributed by atoms with Crippen LogP contribution in [0.2, 0.25) is 0 Å². The fourth-order valence-corrected chi connectivity index (χ4v) is 1.62. The average molecular weight is 239 g/mol. The number of halogens is 1. The van der Waals surface area contributed by atoms with E-state index in [1.54, 1.807) is 16.7 Å². The largest absolute Gasteiger partial charge is 0.388 e. The molecule has 1 aromatic heterocycles. The molecule has 2 N–H and O–H groups in total. The van der Waals surface area contributed by atoms with Crippen molar-refractivity contribution in [2.45, 2.75) is 13.2 Å². The molecule has 2 rings (SSSR count). The highest BCUT2D eigenvalue weighted by Gasteiger charge is 2.05. The summed E-state index contributed by atoms with van der Waals surface area (Å²) in [6, 6.07) is 6.12. The number of aromatic nitrogens is 3. The van der Waals surface area contributed by atoms with E-state index in [1.165, 1.54) is 12.1 Å². The predicted octanol–water partition coefficient (Wildman–Crippen LogP) is 1.62. The van der Waals surface area contributed by atoms with E-state index in [1.807, 2.05) is 0 Å². The number of nitrogens with zero attached hydrogens (tertiary/aromatic N) is 2. The highest BCUT2D eigenvalue weighted by Crippen LogP contribution is 2.07. The molecule has 0 aliphatic carbocycles. The first-order valence-electron chi connectivity index (χ1n) is 4.70. The second kappa shape index (κ2) is 4.54. The second-order valence-electron chi connectivity index (χ2n) is 3.32. The minimum atomic E-state index is -0.276. The highest BCUT2D eigenvalue weighted by molar-refractivity contribution is 7.71. The standard InChI is InChI=1S/C10H10FN3OS/c11-8-3-1-7(2-4-8)5-14-9(6-15)12-13-10(14)16/h1-4,15H,5-6H2,(H,13,16). The molecule has 0 aliphatic rings. The Morgan fingerprint density at radius 3 is 2.69 bits per heavy atom. The van der Waals surface area contributed by atoms with Crippen LogP contribution in [0, 0.1) is 10.6 Å². The maximum Gasteiger partial charge on any atom is 0.195 e. The summed E-state index contributed by atoms with van der Waals surface area (Å²) >= 11 is 5.02. The number of hydrogen-bond donors (Lipinski definition) is 2. The summed E-state index contributed by atoms with van der Waals surface area (Å²) in [4.78, 5) is 0. The molecule has 6 heteroatoms. The zero-order valence-corrected chi connectivity index (χ0v) is 9.17. The molecule has 0 atom stereocenters. The molecule has 84 valence electrons. The minimum absolute atomic E-state index is 0.186. The highest BCUT2D eigenvalue weighted by atomic mass is 32.1. The quantitative estimate of drug-likeness (QED) is 0.800. The maximum absolute atomic E-state index is 12.7. The van der Waals surface area contributed by atoms with E-state index in [9.17, 15) is 4.39 Å². The van der Waals surface area contributed by atoms with Gasteiger partial charge in [0.1, 0.15) is 12.4 Å². The summed E-state index contributed by atoms with van der Waals surface area (Å²) in [7, 11) is 0. The Hall–Kier alpha value is -1.53. The Balaban J connectivity index is 2.29. The van der Waals surface area contributed by atoms with Crippen LogP contribution in [0.5, 0.6) is 0 Å². The Bertz CT molecular complexity index is 532. The number of benzene rings is 1. The lowest BCUT2D eigenvalue weighted by atomic mass is 10.2. The van der Waals surface area contributed by atoms with E-state index < -0.39 is 0 Å². The lowest BCUT2D eigenvalue weighted by molar-refractivity contribution is 0.265. The van der Waals surface area contributed by atoms with Crippen molar-refractivity contribution < 1.29 is 9.50 Å². The summed E-state index contributed by atoms with van der Waals surface area (Å²) < 4.78 is 14.8. The molecule has 0 saturated heterocycles. The lowest BCUT2D eigenvalue weighted by Gasteiger charge is -2.04. The van der Waals surface area contributed by atoms with Crippen LogP contribution < -0.4 is 0 Å². The van der Waals surface area contributed by atoms with Crippen LogP contribution in [-0.2, 0) is 13.2 Å². The molecule has 4 nitrogen and oxygen atoms in total. The molecule has 16 heavy (non-hydrogen) atoms. The number of aliphatic hydroxyl groups excluding tert-OH is 1. The lowest BCUT2D eigenvalue weighted by Crippen LogP contribution is -2.05. The van der Waals surface area contributed by atoms with Gasteiger partial charge >= 0.3 is 0 Å². The molecule has 0 fully saturated rings. The van der Waals surface area contributed by atoms with Crippen molar-refractivity contribution in [2.75, 3.05) is 0 Å². The van der Waals surface area contributed by atoms with E-state index in [-0.39, 0.29) is 12.4 Å². The van der Waals surface area contributed by atoms with Gasteiger partial charge in [0.25, 0.3) is 0 Å². The topological polar surface area (TPSA) is 53.8 Å². The van der Waals surface area contributed by atoms with E-state index in [2.05, 4.69) is 10.2 Å². The molecule has 0 amide bonds. The number of nitrogens with one attached hydrogen (secondary N) is 1. The minimum Gasteiger partial charge on any atom is -0.388 e. The van der Waals surface area contributed by atoms with Crippen LogP contribution in [0.3, 0.4) is 0 Å². The third kappa shape index (κ3) is 2.17. The van der Waals surface area contributed by atoms with Gasteiger partial charge in [-0.15, -0.1) is 0 Å². The van der Waals surface area contributed by atoms with Crippen molar-refractivity contribution in [3.63, 3.8) is 0 Å². The summed E-state index contributed by atoms with van der Waals surface area (Å²) in [5.74, 6) is 0.191. The Morgan fingerprint density at radius 2 is 2.06 bits per heavy atom. The van der Waals surface area contributed by atoms with Gasteiger partial charge in [0, 0.05) is 0 Å². The number of hydrogen-bond acceptors (Lipinski definition) is 3. The summed E-state index contributed by atoms with van der Waals surface area (Å²) in [5.41, 5.74) is 0.897. The SMILES string of the molecule is OCc1n[nH]c(=S)n1Cc1ccc(F)cc1. The first-order valence-corrected chi connectivity index (χ1v) is 5.11. The van der Waals surface area contributed by atoms with E-state index in [4.69, 9.17) is 17.3 Å². The van der Waals surface area contributed by atoms with Gasteiger partial charge in [-0.1, -0.05) is 12.1 Å². The van der Waals surface area contributed by atoms with Crippen molar-refractivity contribution in [3.8, 4) is 0 Å². The predicted molar refractivity (Wildman–Crippen MR) is 58.8 cm³/mol. The van der Waals surface area contributed by atoms with Crippen molar-refractivity contribution in [2.24, 2.45) is 0 Å². The molecule has 0 radical (unpaired) electrons. The van der Waals surface area contributed by atoms with E-state index in [0.717, 1.165) is 5.56 Å². The van der Waals surface area contributed by atoms with Crippen molar-refractivity contribution in [1.29, 1.82) is 0 Å². The molecule has 0 aliphatic heterocycles. The fraction of sp³-hybridized carbons (Fsp3) is 0.200. The van der Waals surface area contributed by atoms with Gasteiger partial charge in [-0.2, -0.15) is 5.10 Å². The molecule has 1 heterocycles. The third-order valence-corrected chi connectivity index (χ3v) is 2.54. The van der Waals surface area contributed by atoms with Gasteiger partial charge in [0.15, 0.2) is 10.6 Å². The molecule has 0 unspecified atom stereocenters. The van der Waals surface area contributed by atoms with Gasteiger partial charge in [0.05, 0.1) is 6.54 Å². The summed E-state index contributed by atoms with van der Waals surface area (Å²) in [5, 5.41) is 15.5. The fourth-order valence-electron chi connectivity index (χ4n) is 1.41. The zero-order chi connectivity index (χ0) is 11.5. The summed E-state index contributed by atoms with van der Waals surface area (Å²) in [6.07, 6.45) is 0. The van der Waals surface area contributed by atoms with E-state index >= 15 is 0 Å². The molecule has 0 bridgehead atoms. The van der Waals surface area contributed by atoms with E-state index in [0.29, 0.717) is 17.1 Å². The monoisotopic (exact) mass is 239 g/mol. The smallest absolute Gasteiger partial charge is 0.195 e. The number of aliphatic hydroxyl groups is 1. The third-order valence-electron chi connectivity index (χ3n) is 2.23. The zero-order valence-electron chi connectivity index (χ0n) is 8.35. The molecule has 2 aromatic rings. The van der Waals surface area contributed by atoms with Gasteiger partial charge in [-0.3, -0.25) is 9.67 Å². The van der Waals surface area contributed by atoms with Gasteiger partial charge in [-0.25, -0.2) is 4.39 Å². The Morgan fingerprint density at radius 1 is 1.38 bits per heavy atom. The Kier molecular flexibility index (Phi) is 3.12. The normalized spacial score (nSPS) is 10.6. The molecule has 0 saturated carbocycles. The maximum atomic E-state index is 12.7. The van der Waals surface area contributed by atoms with Crippen LogP contribution in [-0.4, -0.2) is 19.9 Å². The average Bonchev–Trinajstić information content (AvgIpc) is 2.63. The van der Waals surface area contributed by atoms with Crippen molar-refractivity contribution >= 4 is 12.2 Å². The molecular weight excluding hydrogens is 229 g/mol. The van der Waals surface area contributed by atoms with Crippen molar-refractivity contribution in [3.05, 3.63) is 46.2 Å². The van der Waals surface area contributed by atoms with Gasteiger partial charge in [-0.05, 0) is 29.9 Å². The summed E-state index contributed by atoms with van der Waals surface area (Å²) in [6.45, 7) is 0.278. The molecular formula is C10H10FN3OS. The first kappa shape index (κ1) is 11.0. The number of rotatable bonds is 3. The van der Waals surface area contributed by atoms with Crippen LogP contribution in [0.15, 0.2) is 24.3 Å². The second-order valence-corrected chi connectivity index (χ2v) is 3.70. The Labute approximate surface area is 96.4 Å².